The van der Waals surface area contributed by atoms with Gasteiger partial charge in [0.15, 0.2) is 6.10 Å². The maximum atomic E-state index is 12.8. The number of H-pyrrole nitrogens is 1. The minimum Gasteiger partial charge on any atom is -0.465 e. The summed E-state index contributed by atoms with van der Waals surface area (Å²) < 4.78 is 9.85. The number of aryl methyl sites for hydroxylation is 1. The second-order valence-corrected chi connectivity index (χ2v) is 7.94. The van der Waals surface area contributed by atoms with Gasteiger partial charge >= 0.3 is 11.9 Å². The maximum Gasteiger partial charge on any atom is 0.339 e. The van der Waals surface area contributed by atoms with E-state index < -0.39 is 42.2 Å². The van der Waals surface area contributed by atoms with Gasteiger partial charge in [-0.3, -0.25) is 24.1 Å². The Kier molecular flexibility index (Phi) is 6.43. The second-order valence-electron chi connectivity index (χ2n) is 7.12. The van der Waals surface area contributed by atoms with Gasteiger partial charge in [0.25, 0.3) is 11.8 Å². The number of esters is 2. The second kappa shape index (κ2) is 8.76. The van der Waals surface area contributed by atoms with Gasteiger partial charge in [0.2, 0.25) is 5.78 Å². The van der Waals surface area contributed by atoms with Crippen molar-refractivity contribution in [3.05, 3.63) is 55.8 Å². The van der Waals surface area contributed by atoms with E-state index in [2.05, 4.69) is 4.98 Å². The topological polar surface area (TPSA) is 123 Å². The summed E-state index contributed by atoms with van der Waals surface area (Å²) in [6, 6.07) is 2.51. The maximum absolute atomic E-state index is 12.8. The molecule has 11 heteroatoms. The molecule has 1 aliphatic heterocycles. The Morgan fingerprint density at radius 2 is 1.59 bits per heavy atom. The van der Waals surface area contributed by atoms with Crippen molar-refractivity contribution in [3.8, 4) is 0 Å². The number of imide groups is 1. The molecule has 1 atom stereocenters. The molecule has 9 nitrogen and oxygen atoms in total. The molecule has 0 aliphatic carbocycles. The van der Waals surface area contributed by atoms with Crippen LogP contribution in [0.4, 0.5) is 0 Å². The number of rotatable bonds is 6. The van der Waals surface area contributed by atoms with Crippen molar-refractivity contribution >= 4 is 52.7 Å². The number of nitrogens with zero attached hydrogens (tertiary/aromatic N) is 1. The first-order valence-electron chi connectivity index (χ1n) is 9.34. The van der Waals surface area contributed by atoms with Crippen LogP contribution in [0.15, 0.2) is 12.1 Å². The molecule has 0 spiro atoms. The summed E-state index contributed by atoms with van der Waals surface area (Å²) in [4.78, 5) is 65.5. The number of nitrogens with one attached hydrogen (secondary N) is 1. The smallest absolute Gasteiger partial charge is 0.339 e. The zero-order valence-corrected chi connectivity index (χ0v) is 19.0. The minimum absolute atomic E-state index is 0.0224. The number of Topliss-reactive ketones (excluding diaryl/α,β-unsaturated/α-hetero) is 1. The number of hydrogen-bond donors (Lipinski definition) is 1. The van der Waals surface area contributed by atoms with Gasteiger partial charge in [-0.05, 0) is 38.5 Å². The van der Waals surface area contributed by atoms with Gasteiger partial charge in [0.05, 0.1) is 39.5 Å². The van der Waals surface area contributed by atoms with E-state index in [-0.39, 0.29) is 32.4 Å². The lowest BCUT2D eigenvalue weighted by Crippen LogP contribution is -2.37. The quantitative estimate of drug-likeness (QED) is 0.382. The normalized spacial score (nSPS) is 13.8. The Labute approximate surface area is 192 Å². The number of carbonyl (C=O) groups excluding carboxylic acids is 5. The lowest BCUT2D eigenvalue weighted by atomic mass is 10.1. The number of aromatic nitrogens is 1. The van der Waals surface area contributed by atoms with Gasteiger partial charge in [-0.15, -0.1) is 0 Å². The fraction of sp³-hybridized carbons (Fsp3) is 0.286. The van der Waals surface area contributed by atoms with E-state index >= 15 is 0 Å². The lowest BCUT2D eigenvalue weighted by Gasteiger charge is -2.16. The monoisotopic (exact) mass is 480 g/mol. The first kappa shape index (κ1) is 23.5. The number of ketones is 1. The number of fused-ring (bicyclic) bond motifs is 1. The molecule has 1 unspecified atom stereocenters. The Morgan fingerprint density at radius 3 is 2.09 bits per heavy atom. The molecular weight excluding hydrogens is 463 g/mol. The average molecular weight is 481 g/mol. The third-order valence-electron chi connectivity index (χ3n) is 5.05. The van der Waals surface area contributed by atoms with E-state index in [0.717, 1.165) is 0 Å². The molecule has 1 N–H and O–H groups in total. The van der Waals surface area contributed by atoms with Crippen molar-refractivity contribution in [1.82, 2.24) is 9.88 Å². The van der Waals surface area contributed by atoms with Crippen LogP contribution in [0.2, 0.25) is 10.0 Å². The summed E-state index contributed by atoms with van der Waals surface area (Å²) in [5, 5.41) is 0.191. The molecule has 1 aromatic heterocycles. The molecule has 168 valence electrons. The van der Waals surface area contributed by atoms with Crippen LogP contribution >= 0.6 is 23.2 Å². The van der Waals surface area contributed by atoms with Crippen LogP contribution in [0.3, 0.4) is 0 Å². The summed E-state index contributed by atoms with van der Waals surface area (Å²) in [6.07, 6.45) is -1.25. The van der Waals surface area contributed by atoms with Crippen LogP contribution in [0.25, 0.3) is 0 Å². The van der Waals surface area contributed by atoms with Crippen LogP contribution in [0.5, 0.6) is 0 Å². The molecule has 1 aliphatic rings. The molecule has 0 radical (unpaired) electrons. The van der Waals surface area contributed by atoms with Gasteiger partial charge in [0, 0.05) is 5.69 Å². The number of halogens is 2. The predicted molar refractivity (Wildman–Crippen MR) is 113 cm³/mol. The molecule has 2 amide bonds. The summed E-state index contributed by atoms with van der Waals surface area (Å²) >= 11 is 11.8. The van der Waals surface area contributed by atoms with Gasteiger partial charge in [0.1, 0.15) is 6.54 Å². The number of amides is 2. The summed E-state index contributed by atoms with van der Waals surface area (Å²) in [7, 11) is 1.22. The van der Waals surface area contributed by atoms with Crippen molar-refractivity contribution in [1.29, 1.82) is 0 Å². The number of benzene rings is 1. The number of methoxy groups -OCH3 is 1. The Morgan fingerprint density at radius 1 is 1.06 bits per heavy atom. The Hall–Kier alpha value is -3.17. The van der Waals surface area contributed by atoms with Crippen LogP contribution in [-0.2, 0) is 14.3 Å². The zero-order valence-electron chi connectivity index (χ0n) is 17.5. The number of ether oxygens (including phenoxy) is 2. The van der Waals surface area contributed by atoms with Crippen molar-refractivity contribution in [3.63, 3.8) is 0 Å². The highest BCUT2D eigenvalue weighted by atomic mass is 35.5. The van der Waals surface area contributed by atoms with E-state index in [1.807, 2.05) is 0 Å². The van der Waals surface area contributed by atoms with Crippen LogP contribution in [0, 0.1) is 13.8 Å². The first-order valence-corrected chi connectivity index (χ1v) is 10.1. The number of carbonyl (C=O) groups is 5. The van der Waals surface area contributed by atoms with E-state index in [1.54, 1.807) is 13.8 Å². The van der Waals surface area contributed by atoms with Crippen molar-refractivity contribution in [2.45, 2.75) is 26.9 Å². The molecule has 2 aromatic rings. The highest BCUT2D eigenvalue weighted by molar-refractivity contribution is 6.43. The fourth-order valence-electron chi connectivity index (χ4n) is 3.45. The van der Waals surface area contributed by atoms with Gasteiger partial charge in [-0.25, -0.2) is 4.79 Å². The largest absolute Gasteiger partial charge is 0.465 e. The van der Waals surface area contributed by atoms with E-state index in [9.17, 15) is 24.0 Å². The third-order valence-corrected chi connectivity index (χ3v) is 5.77. The third kappa shape index (κ3) is 4.01. The Balaban J connectivity index is 1.72. The van der Waals surface area contributed by atoms with Crippen LogP contribution in [-0.4, -0.2) is 59.2 Å². The number of hydrogen-bond acceptors (Lipinski definition) is 7. The molecule has 3 rings (SSSR count). The first-order chi connectivity index (χ1) is 15.0. The highest BCUT2D eigenvalue weighted by Gasteiger charge is 2.38. The number of aromatic amines is 1. The molecule has 0 saturated heterocycles. The van der Waals surface area contributed by atoms with Crippen LogP contribution < -0.4 is 0 Å². The molecular formula is C21H18Cl2N2O7. The molecule has 0 fully saturated rings. The SMILES string of the molecule is COC(=O)c1c(C)[nH]c(C(=O)C(C)OC(=O)CN2C(=O)c3cc(Cl)c(Cl)cc3C2=O)c1C. The van der Waals surface area contributed by atoms with E-state index in [1.165, 1.54) is 26.2 Å². The fourth-order valence-corrected chi connectivity index (χ4v) is 3.78. The van der Waals surface area contributed by atoms with Gasteiger partial charge in [-0.1, -0.05) is 23.2 Å². The van der Waals surface area contributed by atoms with Gasteiger partial charge < -0.3 is 14.5 Å². The molecule has 1 aromatic carbocycles. The average Bonchev–Trinajstić information content (AvgIpc) is 3.15. The van der Waals surface area contributed by atoms with Crippen molar-refractivity contribution in [2.75, 3.05) is 13.7 Å². The summed E-state index contributed by atoms with van der Waals surface area (Å²) in [5.41, 5.74) is 1.14. The summed E-state index contributed by atoms with van der Waals surface area (Å²) in [6.45, 7) is 3.81. The minimum atomic E-state index is -1.25. The zero-order chi connectivity index (χ0) is 23.9. The summed E-state index contributed by atoms with van der Waals surface area (Å²) in [5.74, 6) is -3.61. The Bertz CT molecular complexity index is 1140. The van der Waals surface area contributed by atoms with E-state index in [4.69, 9.17) is 32.7 Å². The van der Waals surface area contributed by atoms with Crippen molar-refractivity contribution < 1.29 is 33.4 Å². The van der Waals surface area contributed by atoms with E-state index in [0.29, 0.717) is 16.2 Å². The van der Waals surface area contributed by atoms with Gasteiger partial charge in [-0.2, -0.15) is 0 Å². The lowest BCUT2D eigenvalue weighted by molar-refractivity contribution is -0.146. The standard InChI is InChI=1S/C21H18Cl2N2O7/c1-8-16(21(30)31-4)9(2)24-17(8)18(27)10(3)32-15(26)7-25-19(28)11-5-13(22)14(23)6-12(11)20(25)29/h5-6,10,24H,7H2,1-4H3. The highest BCUT2D eigenvalue weighted by Crippen LogP contribution is 2.31. The van der Waals surface area contributed by atoms with Crippen molar-refractivity contribution in [2.24, 2.45) is 0 Å². The molecule has 32 heavy (non-hydrogen) atoms. The van der Waals surface area contributed by atoms with Crippen LogP contribution in [0.1, 0.15) is 59.7 Å². The molecule has 0 saturated carbocycles. The molecule has 0 bridgehead atoms. The molecule has 2 heterocycles. The predicted octanol–water partition coefficient (Wildman–Crippen LogP) is 3.14.